The molecule has 0 bridgehead atoms. The monoisotopic (exact) mass is 504 g/mol. The predicted octanol–water partition coefficient (Wildman–Crippen LogP) is 4.39. The van der Waals surface area contributed by atoms with Crippen molar-refractivity contribution in [1.29, 1.82) is 0 Å². The molecule has 11 heteroatoms. The smallest absolute Gasteiger partial charge is 0.257 e. The lowest BCUT2D eigenvalue weighted by Crippen LogP contribution is -2.34. The van der Waals surface area contributed by atoms with Gasteiger partial charge in [0, 0.05) is 28.5 Å². The number of hydrogen-bond acceptors (Lipinski definition) is 4. The van der Waals surface area contributed by atoms with Gasteiger partial charge in [-0.3, -0.25) is 9.10 Å². The number of carbonyl (C=O) groups is 1. The molecule has 0 atom stereocenters. The molecule has 2 aromatic carbocycles. The van der Waals surface area contributed by atoms with E-state index in [-0.39, 0.29) is 27.1 Å². The maximum Gasteiger partial charge on any atom is 0.257 e. The van der Waals surface area contributed by atoms with E-state index < -0.39 is 34.7 Å². The molecule has 1 aromatic heterocycles. The number of furan rings is 1. The Kier molecular flexibility index (Phi) is 6.14. The van der Waals surface area contributed by atoms with Crippen LogP contribution in [0.5, 0.6) is 0 Å². The first-order chi connectivity index (χ1) is 14.0. The highest BCUT2D eigenvalue weighted by Crippen LogP contribution is 2.40. The van der Waals surface area contributed by atoms with Gasteiger partial charge in [-0.2, -0.15) is 0 Å². The summed E-state index contributed by atoms with van der Waals surface area (Å²) >= 11 is 3.29. The summed E-state index contributed by atoms with van der Waals surface area (Å²) in [4.78, 5) is 12.6. The van der Waals surface area contributed by atoms with Crippen molar-refractivity contribution in [2.75, 3.05) is 24.2 Å². The Labute approximate surface area is 178 Å². The SMILES string of the molecule is CNC(=O)c1c(-c2ccc(F)cc2)oc2cc(N(CC(F)F)S(C)(=O)=O)cc(Br)c12. The van der Waals surface area contributed by atoms with Crippen LogP contribution in [0.4, 0.5) is 18.9 Å². The minimum absolute atomic E-state index is 0.0555. The summed E-state index contributed by atoms with van der Waals surface area (Å²) in [5.74, 6) is -0.841. The molecule has 1 amide bonds. The number of nitrogens with one attached hydrogen (secondary N) is 1. The van der Waals surface area contributed by atoms with Gasteiger partial charge in [0.1, 0.15) is 17.2 Å². The number of rotatable bonds is 6. The van der Waals surface area contributed by atoms with Gasteiger partial charge in [0.05, 0.1) is 24.1 Å². The molecule has 0 aliphatic carbocycles. The van der Waals surface area contributed by atoms with Crippen LogP contribution in [0, 0.1) is 5.82 Å². The van der Waals surface area contributed by atoms with Crippen LogP contribution in [-0.4, -0.2) is 40.6 Å². The average molecular weight is 505 g/mol. The van der Waals surface area contributed by atoms with Gasteiger partial charge in [0.15, 0.2) is 0 Å². The third-order valence-electron chi connectivity index (χ3n) is 4.28. The van der Waals surface area contributed by atoms with E-state index >= 15 is 0 Å². The molecule has 3 rings (SSSR count). The normalized spacial score (nSPS) is 11.8. The first-order valence-corrected chi connectivity index (χ1v) is 11.2. The van der Waals surface area contributed by atoms with E-state index in [9.17, 15) is 26.4 Å². The Morgan fingerprint density at radius 3 is 2.40 bits per heavy atom. The van der Waals surface area contributed by atoms with Crippen molar-refractivity contribution < 1.29 is 30.8 Å². The number of halogens is 4. The molecular formula is C19H16BrF3N2O4S. The summed E-state index contributed by atoms with van der Waals surface area (Å²) in [5.41, 5.74) is 0.588. The molecule has 30 heavy (non-hydrogen) atoms. The van der Waals surface area contributed by atoms with Crippen LogP contribution in [0.3, 0.4) is 0 Å². The third kappa shape index (κ3) is 4.31. The van der Waals surface area contributed by atoms with Crippen molar-refractivity contribution >= 4 is 48.5 Å². The highest BCUT2D eigenvalue weighted by molar-refractivity contribution is 9.10. The van der Waals surface area contributed by atoms with Crippen molar-refractivity contribution in [3.8, 4) is 11.3 Å². The molecule has 6 nitrogen and oxygen atoms in total. The van der Waals surface area contributed by atoms with Crippen LogP contribution in [-0.2, 0) is 10.0 Å². The number of anilines is 1. The molecule has 0 saturated heterocycles. The van der Waals surface area contributed by atoms with E-state index in [2.05, 4.69) is 21.2 Å². The summed E-state index contributed by atoms with van der Waals surface area (Å²) in [7, 11) is -2.59. The fourth-order valence-corrected chi connectivity index (χ4v) is 4.51. The van der Waals surface area contributed by atoms with Gasteiger partial charge in [0.2, 0.25) is 10.0 Å². The molecule has 0 radical (unpaired) electrons. The van der Waals surface area contributed by atoms with Crippen molar-refractivity contribution in [3.05, 3.63) is 52.3 Å². The van der Waals surface area contributed by atoms with Gasteiger partial charge in [-0.1, -0.05) is 0 Å². The molecule has 0 spiro atoms. The highest BCUT2D eigenvalue weighted by Gasteiger charge is 2.27. The topological polar surface area (TPSA) is 79.6 Å². The van der Waals surface area contributed by atoms with Gasteiger partial charge in [-0.05, 0) is 46.3 Å². The van der Waals surface area contributed by atoms with Gasteiger partial charge in [-0.25, -0.2) is 21.6 Å². The fraction of sp³-hybridized carbons (Fsp3) is 0.211. The first-order valence-electron chi connectivity index (χ1n) is 8.53. The Morgan fingerprint density at radius 2 is 1.87 bits per heavy atom. The van der Waals surface area contributed by atoms with Crippen LogP contribution < -0.4 is 9.62 Å². The van der Waals surface area contributed by atoms with E-state index in [4.69, 9.17) is 4.42 Å². The molecule has 0 fully saturated rings. The Balaban J connectivity index is 2.29. The van der Waals surface area contributed by atoms with Gasteiger partial charge in [0.25, 0.3) is 12.3 Å². The maximum absolute atomic E-state index is 13.3. The summed E-state index contributed by atoms with van der Waals surface area (Å²) in [6, 6.07) is 7.84. The number of hydrogen-bond donors (Lipinski definition) is 1. The number of carbonyl (C=O) groups excluding carboxylic acids is 1. The maximum atomic E-state index is 13.3. The summed E-state index contributed by atoms with van der Waals surface area (Å²) in [5, 5.41) is 2.82. The Hall–Kier alpha value is -2.53. The van der Waals surface area contributed by atoms with Crippen LogP contribution in [0.1, 0.15) is 10.4 Å². The number of nitrogens with zero attached hydrogens (tertiary/aromatic N) is 1. The zero-order valence-electron chi connectivity index (χ0n) is 15.7. The van der Waals surface area contributed by atoms with E-state index in [0.29, 0.717) is 15.3 Å². The summed E-state index contributed by atoms with van der Waals surface area (Å²) < 4.78 is 70.0. The minimum Gasteiger partial charge on any atom is -0.455 e. The largest absolute Gasteiger partial charge is 0.455 e. The molecule has 0 saturated carbocycles. The van der Waals surface area contributed by atoms with Crippen LogP contribution >= 0.6 is 15.9 Å². The van der Waals surface area contributed by atoms with Gasteiger partial charge < -0.3 is 9.73 Å². The Morgan fingerprint density at radius 1 is 1.23 bits per heavy atom. The van der Waals surface area contributed by atoms with E-state index in [0.717, 1.165) is 6.26 Å². The van der Waals surface area contributed by atoms with Crippen molar-refractivity contribution in [2.24, 2.45) is 0 Å². The summed E-state index contributed by atoms with van der Waals surface area (Å²) in [6.45, 7) is -1.04. The molecule has 160 valence electrons. The zero-order chi connectivity index (χ0) is 22.2. The van der Waals surface area contributed by atoms with E-state index in [1.54, 1.807) is 0 Å². The molecule has 1 N–H and O–H groups in total. The lowest BCUT2D eigenvalue weighted by Gasteiger charge is -2.22. The van der Waals surface area contributed by atoms with Crippen molar-refractivity contribution in [1.82, 2.24) is 5.32 Å². The van der Waals surface area contributed by atoms with Crippen molar-refractivity contribution in [3.63, 3.8) is 0 Å². The molecule has 1 heterocycles. The predicted molar refractivity (Wildman–Crippen MR) is 111 cm³/mol. The summed E-state index contributed by atoms with van der Waals surface area (Å²) in [6.07, 6.45) is -2.09. The quantitative estimate of drug-likeness (QED) is 0.539. The molecule has 3 aromatic rings. The standard InChI is InChI=1S/C19H16BrF3N2O4S/c1-24-19(26)17-16-13(20)7-12(25(9-15(22)23)30(2,27)28)8-14(16)29-18(17)10-3-5-11(21)6-4-10/h3-8,15H,9H2,1-2H3,(H,24,26). The van der Waals surface area contributed by atoms with Gasteiger partial charge in [-0.15, -0.1) is 0 Å². The second kappa shape index (κ2) is 8.31. The lowest BCUT2D eigenvalue weighted by molar-refractivity contribution is 0.0964. The van der Waals surface area contributed by atoms with Crippen LogP contribution in [0.25, 0.3) is 22.3 Å². The highest BCUT2D eigenvalue weighted by atomic mass is 79.9. The first kappa shape index (κ1) is 22.2. The number of sulfonamides is 1. The number of alkyl halides is 2. The molecule has 0 aliphatic rings. The second-order valence-corrected chi connectivity index (χ2v) is 9.14. The molecule has 0 unspecified atom stereocenters. The number of amides is 1. The lowest BCUT2D eigenvalue weighted by atomic mass is 10.0. The molecule has 0 aliphatic heterocycles. The Bertz CT molecular complexity index is 1210. The fourth-order valence-electron chi connectivity index (χ4n) is 3.01. The van der Waals surface area contributed by atoms with Crippen LogP contribution in [0.15, 0.2) is 45.3 Å². The van der Waals surface area contributed by atoms with Gasteiger partial charge >= 0.3 is 0 Å². The number of benzene rings is 2. The van der Waals surface area contributed by atoms with Crippen LogP contribution in [0.2, 0.25) is 0 Å². The average Bonchev–Trinajstić information content (AvgIpc) is 3.05. The molecular weight excluding hydrogens is 489 g/mol. The third-order valence-corrected chi connectivity index (χ3v) is 6.07. The second-order valence-electron chi connectivity index (χ2n) is 6.38. The minimum atomic E-state index is -4.01. The zero-order valence-corrected chi connectivity index (χ0v) is 18.2. The van der Waals surface area contributed by atoms with E-state index in [1.807, 2.05) is 0 Å². The number of fused-ring (bicyclic) bond motifs is 1. The van der Waals surface area contributed by atoms with E-state index in [1.165, 1.54) is 43.4 Å². The van der Waals surface area contributed by atoms with Crippen molar-refractivity contribution in [2.45, 2.75) is 6.43 Å².